The van der Waals surface area contributed by atoms with E-state index in [2.05, 4.69) is 49.1 Å². The van der Waals surface area contributed by atoms with Gasteiger partial charge in [0.2, 0.25) is 5.91 Å². The summed E-state index contributed by atoms with van der Waals surface area (Å²) in [6, 6.07) is -0.776. The molecule has 0 radical (unpaired) electrons. The molecule has 12 heteroatoms. The largest absolute Gasteiger partial charge is 0.464 e. The fourth-order valence-electron chi connectivity index (χ4n) is 3.35. The van der Waals surface area contributed by atoms with Gasteiger partial charge in [0.15, 0.2) is 0 Å². The quantitative estimate of drug-likeness (QED) is 0.231. The van der Waals surface area contributed by atoms with Crippen LogP contribution in [0.5, 0.6) is 0 Å². The number of thiol groups is 1. The molecule has 4 N–H and O–H groups in total. The first-order valence-electron chi connectivity index (χ1n) is 11.4. The van der Waals surface area contributed by atoms with Gasteiger partial charge in [-0.25, -0.2) is 9.48 Å². The van der Waals surface area contributed by atoms with Crippen molar-refractivity contribution in [3.8, 4) is 0 Å². The lowest BCUT2D eigenvalue weighted by Crippen LogP contribution is -2.44. The first-order valence-corrected chi connectivity index (χ1v) is 12.1. The Labute approximate surface area is 195 Å². The predicted molar refractivity (Wildman–Crippen MR) is 126 cm³/mol. The molecular weight excluding hydrogens is 432 g/mol. The molecule has 1 aromatic rings. The number of ether oxygens (including phenoxy) is 1. The molecule has 2 heterocycles. The highest BCUT2D eigenvalue weighted by molar-refractivity contribution is 7.80. The van der Waals surface area contributed by atoms with E-state index in [1.165, 1.54) is 4.68 Å². The van der Waals surface area contributed by atoms with Gasteiger partial charge in [-0.3, -0.25) is 9.69 Å². The Morgan fingerprint density at radius 3 is 2.56 bits per heavy atom. The van der Waals surface area contributed by atoms with Gasteiger partial charge in [-0.05, 0) is 45.9 Å². The Kier molecular flexibility index (Phi) is 13.2. The van der Waals surface area contributed by atoms with Gasteiger partial charge in [-0.15, -0.1) is 5.10 Å². The van der Waals surface area contributed by atoms with Gasteiger partial charge in [0.05, 0.1) is 18.5 Å². The molecule has 0 bridgehead atoms. The van der Waals surface area contributed by atoms with Crippen molar-refractivity contribution < 1.29 is 14.3 Å². The number of amides is 1. The summed E-state index contributed by atoms with van der Waals surface area (Å²) >= 11 is 4.11. The van der Waals surface area contributed by atoms with Gasteiger partial charge in [-0.1, -0.05) is 5.21 Å². The number of carbonyl (C=O) groups is 2. The van der Waals surface area contributed by atoms with Crippen molar-refractivity contribution in [3.05, 3.63) is 11.9 Å². The molecule has 1 saturated heterocycles. The van der Waals surface area contributed by atoms with Gasteiger partial charge >= 0.3 is 5.97 Å². The monoisotopic (exact) mass is 470 g/mol. The molecule has 1 amide bonds. The molecule has 32 heavy (non-hydrogen) atoms. The Morgan fingerprint density at radius 2 is 1.84 bits per heavy atom. The molecule has 182 valence electrons. The van der Waals surface area contributed by atoms with Crippen LogP contribution in [0.25, 0.3) is 0 Å². The number of aromatic nitrogens is 3. The maximum atomic E-state index is 12.3. The second-order valence-corrected chi connectivity index (χ2v) is 8.06. The summed E-state index contributed by atoms with van der Waals surface area (Å²) < 4.78 is 6.43. The van der Waals surface area contributed by atoms with Crippen molar-refractivity contribution in [1.82, 2.24) is 41.2 Å². The maximum Gasteiger partial charge on any atom is 0.329 e. The van der Waals surface area contributed by atoms with Crippen molar-refractivity contribution in [2.45, 2.75) is 38.9 Å². The summed E-state index contributed by atoms with van der Waals surface area (Å²) in [5, 5.41) is 21.3. The molecule has 0 saturated carbocycles. The second kappa shape index (κ2) is 16.0. The average molecular weight is 471 g/mol. The molecule has 1 aliphatic rings. The SMILES string of the molecule is CCOC(=O)[C@H](CS)NC(=O)Cn1cc(CN2CCCNCCNCCCNCC2)nn1. The van der Waals surface area contributed by atoms with Gasteiger partial charge in [0.25, 0.3) is 0 Å². The fraction of sp³-hybridized carbons (Fsp3) is 0.800. The number of hydrogen-bond acceptors (Lipinski definition) is 10. The van der Waals surface area contributed by atoms with E-state index in [9.17, 15) is 9.59 Å². The lowest BCUT2D eigenvalue weighted by Gasteiger charge is -2.22. The molecule has 11 nitrogen and oxygen atoms in total. The van der Waals surface area contributed by atoms with E-state index in [1.807, 2.05) is 0 Å². The number of rotatable bonds is 8. The van der Waals surface area contributed by atoms with E-state index < -0.39 is 12.0 Å². The van der Waals surface area contributed by atoms with E-state index in [-0.39, 0.29) is 24.8 Å². The third-order valence-corrected chi connectivity index (χ3v) is 5.35. The first kappa shape index (κ1) is 26.5. The van der Waals surface area contributed by atoms with Crippen LogP contribution in [0, 0.1) is 0 Å². The lowest BCUT2D eigenvalue weighted by molar-refractivity contribution is -0.146. The summed E-state index contributed by atoms with van der Waals surface area (Å²) in [5.41, 5.74) is 0.812. The van der Waals surface area contributed by atoms with Crippen molar-refractivity contribution in [2.75, 3.05) is 64.7 Å². The van der Waals surface area contributed by atoms with Crippen LogP contribution in [0.4, 0.5) is 0 Å². The van der Waals surface area contributed by atoms with E-state index in [1.54, 1.807) is 13.1 Å². The Balaban J connectivity index is 1.83. The van der Waals surface area contributed by atoms with Crippen LogP contribution in [0.3, 0.4) is 0 Å². The molecule has 0 spiro atoms. The van der Waals surface area contributed by atoms with Gasteiger partial charge in [0, 0.05) is 38.5 Å². The Morgan fingerprint density at radius 1 is 1.12 bits per heavy atom. The molecular formula is C20H38N8O3S. The summed E-state index contributed by atoms with van der Waals surface area (Å²) in [5.74, 6) is -0.658. The minimum absolute atomic E-state index is 0.0177. The number of hydrogen-bond donors (Lipinski definition) is 5. The van der Waals surface area contributed by atoms with Crippen molar-refractivity contribution >= 4 is 24.5 Å². The van der Waals surface area contributed by atoms with Crippen LogP contribution < -0.4 is 21.3 Å². The fourth-order valence-corrected chi connectivity index (χ4v) is 3.59. The Hall–Kier alpha value is -1.73. The highest BCUT2D eigenvalue weighted by Crippen LogP contribution is 2.02. The third kappa shape index (κ3) is 10.7. The minimum atomic E-state index is -0.776. The molecule has 0 aromatic carbocycles. The summed E-state index contributed by atoms with van der Waals surface area (Å²) in [6.45, 7) is 10.4. The van der Waals surface area contributed by atoms with Crippen LogP contribution >= 0.6 is 12.6 Å². The zero-order valence-corrected chi connectivity index (χ0v) is 19.9. The van der Waals surface area contributed by atoms with Crippen LogP contribution in [0.15, 0.2) is 6.20 Å². The Bertz CT molecular complexity index is 661. The molecule has 0 aliphatic carbocycles. The highest BCUT2D eigenvalue weighted by atomic mass is 32.1. The number of esters is 1. The van der Waals surface area contributed by atoms with Crippen LogP contribution in [0.2, 0.25) is 0 Å². The summed E-state index contributed by atoms with van der Waals surface area (Å²) in [6.07, 6.45) is 3.94. The molecule has 0 unspecified atom stereocenters. The molecule has 1 atom stereocenters. The van der Waals surface area contributed by atoms with Crippen LogP contribution in [0.1, 0.15) is 25.5 Å². The summed E-state index contributed by atoms with van der Waals surface area (Å²) in [7, 11) is 0. The van der Waals surface area contributed by atoms with Crippen LogP contribution in [-0.4, -0.2) is 103 Å². The van der Waals surface area contributed by atoms with E-state index in [0.29, 0.717) is 6.54 Å². The zero-order chi connectivity index (χ0) is 23.0. The number of nitrogens with one attached hydrogen (secondary N) is 4. The molecule has 2 rings (SSSR count). The standard InChI is InChI=1S/C20H38N8O3S/c1-2-31-20(30)18(16-32)24-19(29)15-28-14-17(25-26-28)13-27-11-4-7-22-9-8-21-5-3-6-23-10-12-27/h14,18,21-23,32H,2-13,15-16H2,1H3,(H,24,29)/t18-/m0/s1. The van der Waals surface area contributed by atoms with E-state index in [4.69, 9.17) is 4.74 Å². The second-order valence-electron chi connectivity index (χ2n) is 7.70. The third-order valence-electron chi connectivity index (χ3n) is 4.98. The van der Waals surface area contributed by atoms with Crippen LogP contribution in [-0.2, 0) is 27.4 Å². The normalized spacial score (nSPS) is 18.4. The van der Waals surface area contributed by atoms with Gasteiger partial charge < -0.3 is 26.0 Å². The summed E-state index contributed by atoms with van der Waals surface area (Å²) in [4.78, 5) is 26.5. The first-order chi connectivity index (χ1) is 15.6. The van der Waals surface area contributed by atoms with E-state index >= 15 is 0 Å². The highest BCUT2D eigenvalue weighted by Gasteiger charge is 2.21. The number of nitrogens with zero attached hydrogens (tertiary/aromatic N) is 4. The topological polar surface area (TPSA) is 125 Å². The molecule has 1 aromatic heterocycles. The lowest BCUT2D eigenvalue weighted by atomic mass is 10.3. The molecule has 1 aliphatic heterocycles. The number of carbonyl (C=O) groups excluding carboxylic acids is 2. The molecule has 1 fully saturated rings. The van der Waals surface area contributed by atoms with Gasteiger partial charge in [0.1, 0.15) is 12.6 Å². The zero-order valence-electron chi connectivity index (χ0n) is 19.0. The smallest absolute Gasteiger partial charge is 0.329 e. The predicted octanol–water partition coefficient (Wildman–Crippen LogP) is -1.38. The van der Waals surface area contributed by atoms with E-state index in [0.717, 1.165) is 70.9 Å². The van der Waals surface area contributed by atoms with Gasteiger partial charge in [-0.2, -0.15) is 12.6 Å². The van der Waals surface area contributed by atoms with Crippen molar-refractivity contribution in [2.24, 2.45) is 0 Å². The van der Waals surface area contributed by atoms with Crippen molar-refractivity contribution in [3.63, 3.8) is 0 Å². The minimum Gasteiger partial charge on any atom is -0.464 e. The average Bonchev–Trinajstić information content (AvgIpc) is 3.21. The van der Waals surface area contributed by atoms with Crippen molar-refractivity contribution in [1.29, 1.82) is 0 Å². The maximum absolute atomic E-state index is 12.3.